The molecule has 2 aromatic carbocycles. The molecular formula is C27H31FN2O4S. The van der Waals surface area contributed by atoms with Gasteiger partial charge in [-0.25, -0.2) is 4.39 Å². The third-order valence-corrected chi connectivity index (χ3v) is 7.36. The number of carbonyl (C=O) groups excluding carboxylic acids is 1. The van der Waals surface area contributed by atoms with Crippen molar-refractivity contribution in [1.29, 1.82) is 0 Å². The molecule has 1 aliphatic heterocycles. The molecule has 8 heteroatoms. The Morgan fingerprint density at radius 3 is 2.26 bits per heavy atom. The molecule has 4 rings (SSSR count). The van der Waals surface area contributed by atoms with Gasteiger partial charge in [-0.2, -0.15) is 0 Å². The summed E-state index contributed by atoms with van der Waals surface area (Å²) in [4.78, 5) is 19.3. The Balaban J connectivity index is 1.28. The Bertz CT molecular complexity index is 1130. The van der Waals surface area contributed by atoms with Crippen LogP contribution in [0, 0.1) is 5.82 Å². The molecule has 0 aliphatic carbocycles. The number of aryl methyl sites for hydroxylation is 1. The van der Waals surface area contributed by atoms with Crippen molar-refractivity contribution in [3.8, 4) is 27.7 Å². The maximum Gasteiger partial charge on any atom is 0.222 e. The van der Waals surface area contributed by atoms with Gasteiger partial charge >= 0.3 is 0 Å². The maximum absolute atomic E-state index is 14.1. The fourth-order valence-electron chi connectivity index (χ4n) is 4.33. The highest BCUT2D eigenvalue weighted by Gasteiger charge is 2.22. The average Bonchev–Trinajstić information content (AvgIpc) is 3.35. The molecule has 0 spiro atoms. The van der Waals surface area contributed by atoms with Crippen LogP contribution in [0.2, 0.25) is 0 Å². The first kappa shape index (κ1) is 25.0. The van der Waals surface area contributed by atoms with Gasteiger partial charge in [0.25, 0.3) is 0 Å². The van der Waals surface area contributed by atoms with Gasteiger partial charge in [0.2, 0.25) is 11.7 Å². The minimum atomic E-state index is -0.195. The van der Waals surface area contributed by atoms with E-state index in [-0.39, 0.29) is 11.7 Å². The van der Waals surface area contributed by atoms with Crippen LogP contribution in [0.3, 0.4) is 0 Å². The third kappa shape index (κ3) is 5.94. The van der Waals surface area contributed by atoms with Gasteiger partial charge in [-0.1, -0.05) is 18.2 Å². The van der Waals surface area contributed by atoms with Gasteiger partial charge in [0, 0.05) is 54.5 Å². The van der Waals surface area contributed by atoms with Gasteiger partial charge in [-0.3, -0.25) is 9.69 Å². The van der Waals surface area contributed by atoms with Crippen molar-refractivity contribution < 1.29 is 23.4 Å². The Morgan fingerprint density at radius 2 is 1.63 bits per heavy atom. The Kier molecular flexibility index (Phi) is 8.25. The van der Waals surface area contributed by atoms with Crippen LogP contribution in [0.5, 0.6) is 17.2 Å². The molecule has 186 valence electrons. The molecule has 0 atom stereocenters. The summed E-state index contributed by atoms with van der Waals surface area (Å²) in [7, 11) is 4.75. The standard InChI is InChI=1S/C27H31FN2O4S/c1-32-23-16-19(17-24(33-2)27(23)34-3)8-11-26(31)30-14-12-29(13-15-30)18-20-9-10-25(35-20)21-6-4-5-7-22(21)28/h4-7,9-10,16-17H,8,11-15,18H2,1-3H3. The second-order valence-electron chi connectivity index (χ2n) is 8.44. The summed E-state index contributed by atoms with van der Waals surface area (Å²) >= 11 is 1.62. The molecule has 0 unspecified atom stereocenters. The number of amides is 1. The van der Waals surface area contributed by atoms with E-state index in [1.807, 2.05) is 35.2 Å². The van der Waals surface area contributed by atoms with Crippen molar-refractivity contribution in [3.05, 3.63) is 64.8 Å². The molecule has 1 amide bonds. The largest absolute Gasteiger partial charge is 0.493 e. The Hall–Kier alpha value is -3.10. The second kappa shape index (κ2) is 11.6. The number of rotatable bonds is 9. The van der Waals surface area contributed by atoms with Crippen LogP contribution in [0.1, 0.15) is 16.9 Å². The van der Waals surface area contributed by atoms with Gasteiger partial charge in [-0.15, -0.1) is 11.3 Å². The molecule has 0 bridgehead atoms. The van der Waals surface area contributed by atoms with Crippen LogP contribution in [0.25, 0.3) is 10.4 Å². The first-order chi connectivity index (χ1) is 17.0. The molecule has 1 aromatic heterocycles. The lowest BCUT2D eigenvalue weighted by Crippen LogP contribution is -2.48. The van der Waals surface area contributed by atoms with Gasteiger partial charge < -0.3 is 19.1 Å². The molecular weight excluding hydrogens is 467 g/mol. The molecule has 0 N–H and O–H groups in total. The van der Waals surface area contributed by atoms with Crippen molar-refractivity contribution in [2.45, 2.75) is 19.4 Å². The highest BCUT2D eigenvalue weighted by molar-refractivity contribution is 7.15. The van der Waals surface area contributed by atoms with E-state index < -0.39 is 0 Å². The van der Waals surface area contributed by atoms with Crippen LogP contribution in [0.4, 0.5) is 4.39 Å². The summed E-state index contributed by atoms with van der Waals surface area (Å²) < 4.78 is 30.3. The number of halogens is 1. The van der Waals surface area contributed by atoms with E-state index in [1.54, 1.807) is 38.7 Å². The fourth-order valence-corrected chi connectivity index (χ4v) is 5.41. The molecule has 0 radical (unpaired) electrons. The van der Waals surface area contributed by atoms with E-state index >= 15 is 0 Å². The summed E-state index contributed by atoms with van der Waals surface area (Å²) in [5.41, 5.74) is 1.61. The van der Waals surface area contributed by atoms with E-state index in [0.29, 0.717) is 48.7 Å². The molecule has 2 heterocycles. The normalized spacial score (nSPS) is 14.1. The predicted octanol–water partition coefficient (Wildman–Crippen LogP) is 4.86. The van der Waals surface area contributed by atoms with Gasteiger partial charge in [0.05, 0.1) is 21.3 Å². The molecule has 1 fully saturated rings. The smallest absolute Gasteiger partial charge is 0.222 e. The monoisotopic (exact) mass is 498 g/mol. The maximum atomic E-state index is 14.1. The highest BCUT2D eigenvalue weighted by Crippen LogP contribution is 2.38. The molecule has 35 heavy (non-hydrogen) atoms. The SMILES string of the molecule is COc1cc(CCC(=O)N2CCN(Cc3ccc(-c4ccccc4F)s3)CC2)cc(OC)c1OC. The number of nitrogens with zero attached hydrogens (tertiary/aromatic N) is 2. The van der Waals surface area contributed by atoms with E-state index in [0.717, 1.165) is 30.1 Å². The van der Waals surface area contributed by atoms with E-state index in [9.17, 15) is 9.18 Å². The van der Waals surface area contributed by atoms with Crippen molar-refractivity contribution in [1.82, 2.24) is 9.80 Å². The zero-order chi connectivity index (χ0) is 24.8. The zero-order valence-corrected chi connectivity index (χ0v) is 21.2. The van der Waals surface area contributed by atoms with Crippen molar-refractivity contribution in [3.63, 3.8) is 0 Å². The second-order valence-corrected chi connectivity index (χ2v) is 9.60. The summed E-state index contributed by atoms with van der Waals surface area (Å²) in [5, 5.41) is 0. The molecule has 3 aromatic rings. The van der Waals surface area contributed by atoms with E-state index in [4.69, 9.17) is 14.2 Å². The quantitative estimate of drug-likeness (QED) is 0.422. The summed E-state index contributed by atoms with van der Waals surface area (Å²) in [6.07, 6.45) is 1.03. The van der Waals surface area contributed by atoms with Crippen molar-refractivity contribution in [2.75, 3.05) is 47.5 Å². The van der Waals surface area contributed by atoms with Crippen molar-refractivity contribution in [2.24, 2.45) is 0 Å². The number of hydrogen-bond acceptors (Lipinski definition) is 6. The topological polar surface area (TPSA) is 51.2 Å². The minimum Gasteiger partial charge on any atom is -0.493 e. The van der Waals surface area contributed by atoms with Crippen LogP contribution >= 0.6 is 11.3 Å². The Morgan fingerprint density at radius 1 is 0.943 bits per heavy atom. The average molecular weight is 499 g/mol. The number of methoxy groups -OCH3 is 3. The van der Waals surface area contributed by atoms with E-state index in [1.165, 1.54) is 10.9 Å². The minimum absolute atomic E-state index is 0.149. The van der Waals surface area contributed by atoms with Gasteiger partial charge in [0.1, 0.15) is 5.82 Å². The predicted molar refractivity (Wildman–Crippen MR) is 136 cm³/mol. The summed E-state index contributed by atoms with van der Waals surface area (Å²) in [6, 6.07) is 14.7. The lowest BCUT2D eigenvalue weighted by Gasteiger charge is -2.34. The van der Waals surface area contributed by atoms with E-state index in [2.05, 4.69) is 11.0 Å². The summed E-state index contributed by atoms with van der Waals surface area (Å²) in [6.45, 7) is 3.87. The number of thiophene rings is 1. The van der Waals surface area contributed by atoms with Crippen LogP contribution < -0.4 is 14.2 Å². The fraction of sp³-hybridized carbons (Fsp3) is 0.370. The molecule has 1 aliphatic rings. The van der Waals surface area contributed by atoms with Crippen LogP contribution in [-0.2, 0) is 17.8 Å². The third-order valence-electron chi connectivity index (χ3n) is 6.26. The summed E-state index contributed by atoms with van der Waals surface area (Å²) in [5.74, 6) is 1.69. The first-order valence-electron chi connectivity index (χ1n) is 11.6. The van der Waals surface area contributed by atoms with Gasteiger partial charge in [0.15, 0.2) is 11.5 Å². The number of piperazine rings is 1. The lowest BCUT2D eigenvalue weighted by atomic mass is 10.1. The lowest BCUT2D eigenvalue weighted by molar-refractivity contribution is -0.133. The number of hydrogen-bond donors (Lipinski definition) is 0. The molecule has 0 saturated carbocycles. The van der Waals surface area contributed by atoms with Crippen LogP contribution in [-0.4, -0.2) is 63.2 Å². The molecule has 6 nitrogen and oxygen atoms in total. The highest BCUT2D eigenvalue weighted by atomic mass is 32.1. The zero-order valence-electron chi connectivity index (χ0n) is 20.4. The number of ether oxygens (including phenoxy) is 3. The Labute approximate surface area is 209 Å². The first-order valence-corrected chi connectivity index (χ1v) is 12.5. The number of benzene rings is 2. The van der Waals surface area contributed by atoms with Gasteiger partial charge in [-0.05, 0) is 42.3 Å². The van der Waals surface area contributed by atoms with Crippen molar-refractivity contribution >= 4 is 17.2 Å². The van der Waals surface area contributed by atoms with Crippen LogP contribution in [0.15, 0.2) is 48.5 Å². The number of carbonyl (C=O) groups is 1. The molecule has 1 saturated heterocycles.